The van der Waals surface area contributed by atoms with Gasteiger partial charge in [-0.25, -0.2) is 4.79 Å². The van der Waals surface area contributed by atoms with E-state index in [1.54, 1.807) is 13.8 Å². The van der Waals surface area contributed by atoms with Crippen molar-refractivity contribution in [2.45, 2.75) is 42.6 Å². The summed E-state index contributed by atoms with van der Waals surface area (Å²) in [5, 5.41) is 20.9. The Bertz CT molecular complexity index is 820. The second-order valence-electron chi connectivity index (χ2n) is 6.51. The molecule has 0 radical (unpaired) electrons. The van der Waals surface area contributed by atoms with Crippen molar-refractivity contribution in [3.05, 3.63) is 28.7 Å². The number of pyridine rings is 1. The molecule has 1 aromatic rings. The van der Waals surface area contributed by atoms with Crippen molar-refractivity contribution in [2.24, 2.45) is 0 Å². The number of amides is 2. The van der Waals surface area contributed by atoms with Gasteiger partial charge in [-0.3, -0.25) is 14.4 Å². The summed E-state index contributed by atoms with van der Waals surface area (Å²) in [5.74, 6) is -2.44. The maximum absolute atomic E-state index is 12.3. The summed E-state index contributed by atoms with van der Waals surface area (Å²) < 4.78 is 0.662. The van der Waals surface area contributed by atoms with Crippen molar-refractivity contribution in [3.8, 4) is 5.75 Å². The largest absolute Gasteiger partial charge is 0.503 e. The lowest BCUT2D eigenvalue weighted by Crippen LogP contribution is -2.70. The summed E-state index contributed by atoms with van der Waals surface area (Å²) in [6.07, 6.45) is 2.48. The van der Waals surface area contributed by atoms with Gasteiger partial charge in [0.05, 0.1) is 6.20 Å². The molecule has 134 valence electrons. The maximum Gasteiger partial charge on any atom is 0.327 e. The van der Waals surface area contributed by atoms with Crippen LogP contribution in [0.15, 0.2) is 23.3 Å². The van der Waals surface area contributed by atoms with E-state index >= 15 is 0 Å². The van der Waals surface area contributed by atoms with Crippen molar-refractivity contribution in [1.82, 2.24) is 14.8 Å². The average molecular weight is 367 g/mol. The molecule has 2 aliphatic rings. The molecule has 9 nitrogen and oxygen atoms in total. The molecule has 25 heavy (non-hydrogen) atoms. The number of aliphatic carboxylic acids is 1. The van der Waals surface area contributed by atoms with Crippen LogP contribution in [-0.4, -0.2) is 59.7 Å². The first-order chi connectivity index (χ1) is 11.6. The number of fused-ring (bicyclic) bond motifs is 1. The molecule has 10 heteroatoms. The molecule has 3 atom stereocenters. The first-order valence-corrected chi connectivity index (χ1v) is 8.41. The molecule has 2 saturated heterocycles. The molecule has 0 bridgehead atoms. The van der Waals surface area contributed by atoms with Crippen molar-refractivity contribution >= 4 is 29.5 Å². The van der Waals surface area contributed by atoms with Crippen LogP contribution in [0.1, 0.15) is 13.8 Å². The van der Waals surface area contributed by atoms with Gasteiger partial charge < -0.3 is 25.0 Å². The minimum absolute atomic E-state index is 0.180. The number of carbonyl (C=O) groups is 3. The number of hydrogen-bond donors (Lipinski definition) is 3. The van der Waals surface area contributed by atoms with E-state index < -0.39 is 51.2 Å². The van der Waals surface area contributed by atoms with E-state index in [0.29, 0.717) is 0 Å². The monoisotopic (exact) mass is 367 g/mol. The summed E-state index contributed by atoms with van der Waals surface area (Å²) in [6, 6.07) is -0.584. The zero-order chi connectivity index (χ0) is 18.5. The summed E-state index contributed by atoms with van der Waals surface area (Å²) in [4.78, 5) is 48.3. The van der Waals surface area contributed by atoms with Gasteiger partial charge in [-0.15, -0.1) is 11.8 Å². The van der Waals surface area contributed by atoms with Crippen LogP contribution in [0.4, 0.5) is 0 Å². The highest BCUT2D eigenvalue weighted by molar-refractivity contribution is 8.01. The number of aromatic hydroxyl groups is 1. The zero-order valence-corrected chi connectivity index (χ0v) is 14.3. The van der Waals surface area contributed by atoms with Gasteiger partial charge >= 0.3 is 5.97 Å². The Labute approximate surface area is 146 Å². The first kappa shape index (κ1) is 17.3. The normalized spacial score (nSPS) is 26.7. The fourth-order valence-corrected chi connectivity index (χ4v) is 4.77. The molecule has 0 aromatic carbocycles. The quantitative estimate of drug-likeness (QED) is 0.593. The summed E-state index contributed by atoms with van der Waals surface area (Å²) in [5.41, 5.74) is -0.550. The van der Waals surface area contributed by atoms with E-state index in [-0.39, 0.29) is 6.54 Å². The maximum atomic E-state index is 12.3. The lowest BCUT2D eigenvalue weighted by molar-refractivity contribution is -0.161. The molecule has 0 saturated carbocycles. The molecule has 3 N–H and O–H groups in total. The van der Waals surface area contributed by atoms with Gasteiger partial charge in [0, 0.05) is 17.0 Å². The average Bonchev–Trinajstić information content (AvgIpc) is 2.77. The van der Waals surface area contributed by atoms with E-state index in [4.69, 9.17) is 0 Å². The number of nitrogens with zero attached hydrogens (tertiary/aromatic N) is 2. The number of β-lactam (4-membered cyclic amide) rings is 1. The number of hydrogen-bond acceptors (Lipinski definition) is 6. The lowest BCUT2D eigenvalue weighted by atomic mass is 9.96. The van der Waals surface area contributed by atoms with Crippen LogP contribution in [-0.2, 0) is 20.9 Å². The van der Waals surface area contributed by atoms with Crippen molar-refractivity contribution in [3.63, 3.8) is 0 Å². The van der Waals surface area contributed by atoms with Gasteiger partial charge in [0.25, 0.3) is 0 Å². The Morgan fingerprint density at radius 3 is 2.64 bits per heavy atom. The zero-order valence-electron chi connectivity index (χ0n) is 13.5. The van der Waals surface area contributed by atoms with Crippen LogP contribution < -0.4 is 10.7 Å². The lowest BCUT2D eigenvalue weighted by Gasteiger charge is -2.43. The molecule has 3 heterocycles. The Hall–Kier alpha value is -2.49. The predicted octanol–water partition coefficient (Wildman–Crippen LogP) is -0.814. The van der Waals surface area contributed by atoms with E-state index in [2.05, 4.69) is 5.32 Å². The van der Waals surface area contributed by atoms with Gasteiger partial charge in [-0.05, 0) is 13.8 Å². The number of thioether (sulfide) groups is 1. The molecular formula is C15H17N3O6S. The van der Waals surface area contributed by atoms with E-state index in [1.165, 1.54) is 27.4 Å². The molecule has 2 fully saturated rings. The van der Waals surface area contributed by atoms with Crippen LogP contribution in [0.2, 0.25) is 0 Å². The van der Waals surface area contributed by atoms with Gasteiger partial charge in [0.2, 0.25) is 17.2 Å². The fourth-order valence-electron chi connectivity index (χ4n) is 3.14. The third-order valence-electron chi connectivity index (χ3n) is 4.28. The van der Waals surface area contributed by atoms with E-state index in [1.807, 2.05) is 0 Å². The standard InChI is InChI=1S/C15H17N3O6S/c1-15(2)11(14(23)24)18-12(22)10(13(18)25-15)16-9(21)6-17-4-3-7(19)8(20)5-17/h3-5,10-11,13,20H,6H2,1-2H3,(H,16,21)(H,23,24)/t10?,11-,13+/m0/s1. The molecular weight excluding hydrogens is 350 g/mol. The topological polar surface area (TPSA) is 129 Å². The van der Waals surface area contributed by atoms with Gasteiger partial charge in [-0.2, -0.15) is 0 Å². The van der Waals surface area contributed by atoms with Crippen LogP contribution in [0.3, 0.4) is 0 Å². The molecule has 0 aliphatic carbocycles. The number of rotatable bonds is 4. The Morgan fingerprint density at radius 1 is 1.36 bits per heavy atom. The smallest absolute Gasteiger partial charge is 0.327 e. The second-order valence-corrected chi connectivity index (χ2v) is 8.28. The third-order valence-corrected chi connectivity index (χ3v) is 5.85. The summed E-state index contributed by atoms with van der Waals surface area (Å²) in [6.45, 7) is 3.33. The first-order valence-electron chi connectivity index (χ1n) is 7.53. The van der Waals surface area contributed by atoms with Crippen molar-refractivity contribution in [2.75, 3.05) is 0 Å². The minimum Gasteiger partial charge on any atom is -0.503 e. The Balaban J connectivity index is 1.67. The van der Waals surface area contributed by atoms with Gasteiger partial charge in [0.1, 0.15) is 24.0 Å². The summed E-state index contributed by atoms with van der Waals surface area (Å²) >= 11 is 1.34. The second kappa shape index (κ2) is 5.80. The molecule has 1 unspecified atom stereocenters. The SMILES string of the molecule is CC1(C)S[C@@H]2C(NC(=O)Cn3ccc(=O)c(O)c3)C(=O)N2[C@H]1C(=O)O. The number of carboxylic acids is 1. The van der Waals surface area contributed by atoms with E-state index in [9.17, 15) is 29.4 Å². The molecule has 2 aliphatic heterocycles. The number of carboxylic acid groups (broad SMARTS) is 1. The van der Waals surface area contributed by atoms with Crippen LogP contribution in [0.5, 0.6) is 5.75 Å². The molecule has 1 aromatic heterocycles. The van der Waals surface area contributed by atoms with E-state index in [0.717, 1.165) is 12.3 Å². The highest BCUT2D eigenvalue weighted by atomic mass is 32.2. The minimum atomic E-state index is -1.07. The highest BCUT2D eigenvalue weighted by Crippen LogP contribution is 2.50. The Kier molecular flexibility index (Phi) is 4.02. The molecule has 3 rings (SSSR count). The van der Waals surface area contributed by atoms with Crippen LogP contribution in [0.25, 0.3) is 0 Å². The van der Waals surface area contributed by atoms with Gasteiger partial charge in [0.15, 0.2) is 5.75 Å². The Morgan fingerprint density at radius 2 is 2.04 bits per heavy atom. The van der Waals surface area contributed by atoms with Crippen LogP contribution in [0, 0.1) is 0 Å². The summed E-state index contributed by atoms with van der Waals surface area (Å²) in [7, 11) is 0. The third kappa shape index (κ3) is 2.86. The predicted molar refractivity (Wildman–Crippen MR) is 88.0 cm³/mol. The van der Waals surface area contributed by atoms with Gasteiger partial charge in [-0.1, -0.05) is 0 Å². The fraction of sp³-hybridized carbons (Fsp3) is 0.467. The molecule has 2 amide bonds. The molecule has 0 spiro atoms. The van der Waals surface area contributed by atoms with Crippen molar-refractivity contribution < 1.29 is 24.6 Å². The number of aromatic nitrogens is 1. The van der Waals surface area contributed by atoms with Crippen LogP contribution >= 0.6 is 11.8 Å². The van der Waals surface area contributed by atoms with Crippen molar-refractivity contribution in [1.29, 1.82) is 0 Å². The highest BCUT2D eigenvalue weighted by Gasteiger charge is 2.64. The number of carbonyl (C=O) groups excluding carboxylic acids is 2. The number of nitrogens with one attached hydrogen (secondary N) is 1.